The van der Waals surface area contributed by atoms with Crippen molar-refractivity contribution in [3.05, 3.63) is 54.3 Å². The van der Waals surface area contributed by atoms with E-state index in [4.69, 9.17) is 10.7 Å². The lowest BCUT2D eigenvalue weighted by atomic mass is 10.3. The van der Waals surface area contributed by atoms with Gasteiger partial charge in [0.25, 0.3) is 19.1 Å². The van der Waals surface area contributed by atoms with Gasteiger partial charge in [0.15, 0.2) is 0 Å². The first-order chi connectivity index (χ1) is 9.70. The van der Waals surface area contributed by atoms with Crippen LogP contribution in [0.1, 0.15) is 0 Å². The number of anilines is 1. The average molecular weight is 350 g/mol. The Bertz CT molecular complexity index is 867. The third-order valence-electron chi connectivity index (χ3n) is 2.52. The zero-order valence-corrected chi connectivity index (χ0v) is 12.7. The second-order valence-corrected chi connectivity index (χ2v) is 8.25. The van der Waals surface area contributed by atoms with Crippen LogP contribution in [0.2, 0.25) is 0 Å². The van der Waals surface area contributed by atoms with Crippen LogP contribution in [0, 0.1) is 5.82 Å². The molecular formula is C12H9ClFNO4S2. The number of halogens is 2. The van der Waals surface area contributed by atoms with Gasteiger partial charge in [-0.3, -0.25) is 4.72 Å². The van der Waals surface area contributed by atoms with E-state index < -0.39 is 29.8 Å². The fourth-order valence-corrected chi connectivity index (χ4v) is 3.38. The molecule has 112 valence electrons. The number of nitrogens with one attached hydrogen (secondary N) is 1. The molecule has 0 aliphatic rings. The standard InChI is InChI=1S/C12H9ClFNO4S2/c13-20(16,17)10-6-7-12(11(14)8-10)15-21(18,19)9-4-2-1-3-5-9/h1-8,15H. The maximum atomic E-state index is 13.8. The molecule has 9 heteroatoms. The van der Waals surface area contributed by atoms with E-state index in [1.807, 2.05) is 4.72 Å². The third kappa shape index (κ3) is 3.72. The van der Waals surface area contributed by atoms with E-state index in [9.17, 15) is 21.2 Å². The fourth-order valence-electron chi connectivity index (χ4n) is 1.53. The Labute approximate surface area is 125 Å². The largest absolute Gasteiger partial charge is 0.277 e. The van der Waals surface area contributed by atoms with Gasteiger partial charge in [-0.2, -0.15) is 0 Å². The van der Waals surface area contributed by atoms with Crippen molar-refractivity contribution in [2.24, 2.45) is 0 Å². The second-order valence-electron chi connectivity index (χ2n) is 4.00. The molecule has 5 nitrogen and oxygen atoms in total. The monoisotopic (exact) mass is 349 g/mol. The summed E-state index contributed by atoms with van der Waals surface area (Å²) in [6.07, 6.45) is 0. The molecule has 0 fully saturated rings. The molecule has 0 atom stereocenters. The fraction of sp³-hybridized carbons (Fsp3) is 0. The van der Waals surface area contributed by atoms with E-state index in [0.717, 1.165) is 12.1 Å². The van der Waals surface area contributed by atoms with Crippen molar-refractivity contribution in [2.75, 3.05) is 4.72 Å². The maximum Gasteiger partial charge on any atom is 0.261 e. The molecule has 2 aromatic rings. The molecule has 0 aromatic heterocycles. The predicted octanol–water partition coefficient (Wildman–Crippen LogP) is 2.55. The molecule has 2 rings (SSSR count). The topological polar surface area (TPSA) is 80.3 Å². The molecule has 0 spiro atoms. The summed E-state index contributed by atoms with van der Waals surface area (Å²) in [5.74, 6) is -1.05. The smallest absolute Gasteiger partial charge is 0.261 e. The van der Waals surface area contributed by atoms with E-state index in [0.29, 0.717) is 6.07 Å². The van der Waals surface area contributed by atoms with E-state index in [1.165, 1.54) is 24.3 Å². The minimum absolute atomic E-state index is 0.0431. The molecule has 0 unspecified atom stereocenters. The average Bonchev–Trinajstić information content (AvgIpc) is 2.41. The number of rotatable bonds is 4. The van der Waals surface area contributed by atoms with Crippen LogP contribution in [0.25, 0.3) is 0 Å². The maximum absolute atomic E-state index is 13.8. The number of hydrogen-bond donors (Lipinski definition) is 1. The summed E-state index contributed by atoms with van der Waals surface area (Å²) in [4.78, 5) is -0.497. The van der Waals surface area contributed by atoms with Gasteiger partial charge in [0, 0.05) is 10.7 Å². The zero-order valence-electron chi connectivity index (χ0n) is 10.3. The van der Waals surface area contributed by atoms with Crippen LogP contribution >= 0.6 is 10.7 Å². The van der Waals surface area contributed by atoms with Gasteiger partial charge in [-0.15, -0.1) is 0 Å². The van der Waals surface area contributed by atoms with Crippen LogP contribution in [-0.4, -0.2) is 16.8 Å². The van der Waals surface area contributed by atoms with Crippen molar-refractivity contribution in [2.45, 2.75) is 9.79 Å². The second kappa shape index (κ2) is 5.63. The molecule has 2 aromatic carbocycles. The zero-order chi connectivity index (χ0) is 15.7. The number of sulfonamides is 1. The Hall–Kier alpha value is -1.64. The molecule has 0 bridgehead atoms. The van der Waals surface area contributed by atoms with Crippen LogP contribution in [0.3, 0.4) is 0 Å². The van der Waals surface area contributed by atoms with Crippen LogP contribution in [0.4, 0.5) is 10.1 Å². The van der Waals surface area contributed by atoms with E-state index in [-0.39, 0.29) is 10.6 Å². The predicted molar refractivity (Wildman–Crippen MR) is 76.7 cm³/mol. The first kappa shape index (κ1) is 15.7. The van der Waals surface area contributed by atoms with Crippen LogP contribution in [0.15, 0.2) is 58.3 Å². The molecule has 0 aliphatic carbocycles. The quantitative estimate of drug-likeness (QED) is 0.860. The lowest BCUT2D eigenvalue weighted by Crippen LogP contribution is -2.14. The van der Waals surface area contributed by atoms with Crippen molar-refractivity contribution in [3.8, 4) is 0 Å². The Balaban J connectivity index is 2.37. The van der Waals surface area contributed by atoms with Crippen LogP contribution in [0.5, 0.6) is 0 Å². The van der Waals surface area contributed by atoms with Gasteiger partial charge in [-0.05, 0) is 30.3 Å². The highest BCUT2D eigenvalue weighted by Crippen LogP contribution is 2.23. The lowest BCUT2D eigenvalue weighted by molar-refractivity contribution is 0.597. The van der Waals surface area contributed by atoms with Gasteiger partial charge in [-0.1, -0.05) is 18.2 Å². The molecule has 21 heavy (non-hydrogen) atoms. The van der Waals surface area contributed by atoms with Gasteiger partial charge in [0.1, 0.15) is 5.82 Å². The summed E-state index contributed by atoms with van der Waals surface area (Å²) in [5.41, 5.74) is -0.372. The summed E-state index contributed by atoms with van der Waals surface area (Å²) in [6.45, 7) is 0. The Kier molecular flexibility index (Phi) is 4.22. The van der Waals surface area contributed by atoms with E-state index in [1.54, 1.807) is 6.07 Å². The van der Waals surface area contributed by atoms with Crippen LogP contribution < -0.4 is 4.72 Å². The minimum atomic E-state index is -4.08. The van der Waals surface area contributed by atoms with Crippen LogP contribution in [-0.2, 0) is 19.1 Å². The summed E-state index contributed by atoms with van der Waals surface area (Å²) >= 11 is 0. The first-order valence-corrected chi connectivity index (χ1v) is 9.31. The van der Waals surface area contributed by atoms with Gasteiger partial charge >= 0.3 is 0 Å². The van der Waals surface area contributed by atoms with Gasteiger partial charge < -0.3 is 0 Å². The number of benzene rings is 2. The van der Waals surface area contributed by atoms with Gasteiger partial charge in [0.05, 0.1) is 15.5 Å². The van der Waals surface area contributed by atoms with Crippen molar-refractivity contribution in [1.29, 1.82) is 0 Å². The SMILES string of the molecule is O=S(=O)(Cl)c1ccc(NS(=O)(=O)c2ccccc2)c(F)c1. The summed E-state index contributed by atoms with van der Waals surface area (Å²) < 4.78 is 62.0. The molecule has 1 N–H and O–H groups in total. The highest BCUT2D eigenvalue weighted by Gasteiger charge is 2.18. The minimum Gasteiger partial charge on any atom is -0.277 e. The highest BCUT2D eigenvalue weighted by molar-refractivity contribution is 8.13. The van der Waals surface area contributed by atoms with E-state index >= 15 is 0 Å². The molecule has 0 aliphatic heterocycles. The highest BCUT2D eigenvalue weighted by atomic mass is 35.7. The third-order valence-corrected chi connectivity index (χ3v) is 5.25. The van der Waals surface area contributed by atoms with Crippen molar-refractivity contribution < 1.29 is 21.2 Å². The van der Waals surface area contributed by atoms with Crippen molar-refractivity contribution >= 4 is 35.4 Å². The first-order valence-electron chi connectivity index (χ1n) is 5.52. The molecule has 0 amide bonds. The number of hydrogen-bond acceptors (Lipinski definition) is 4. The Morgan fingerprint density at radius 1 is 0.905 bits per heavy atom. The molecule has 0 heterocycles. The lowest BCUT2D eigenvalue weighted by Gasteiger charge is -2.09. The Morgan fingerprint density at radius 2 is 1.52 bits per heavy atom. The normalized spacial score (nSPS) is 12.1. The van der Waals surface area contributed by atoms with Gasteiger partial charge in [0.2, 0.25) is 0 Å². The Morgan fingerprint density at radius 3 is 2.05 bits per heavy atom. The molecule has 0 saturated carbocycles. The summed E-state index contributed by atoms with van der Waals surface area (Å²) in [6, 6.07) is 10.0. The molecular weight excluding hydrogens is 341 g/mol. The summed E-state index contributed by atoms with van der Waals surface area (Å²) in [7, 11) is -2.96. The van der Waals surface area contributed by atoms with Gasteiger partial charge in [-0.25, -0.2) is 21.2 Å². The molecule has 0 radical (unpaired) electrons. The van der Waals surface area contributed by atoms with E-state index in [2.05, 4.69) is 0 Å². The molecule has 0 saturated heterocycles. The van der Waals surface area contributed by atoms with Crippen molar-refractivity contribution in [1.82, 2.24) is 0 Å². The van der Waals surface area contributed by atoms with Crippen molar-refractivity contribution in [3.63, 3.8) is 0 Å². The summed E-state index contributed by atoms with van der Waals surface area (Å²) in [5, 5.41) is 0.